The number of alkyl halides is 3. The maximum absolute atomic E-state index is 12.8. The number of carboxylic acid groups (broad SMARTS) is 1. The van der Waals surface area contributed by atoms with Gasteiger partial charge in [-0.25, -0.2) is 0 Å². The van der Waals surface area contributed by atoms with E-state index in [0.29, 0.717) is 37.0 Å². The van der Waals surface area contributed by atoms with Gasteiger partial charge in [0.05, 0.1) is 18.6 Å². The van der Waals surface area contributed by atoms with Crippen molar-refractivity contribution in [2.24, 2.45) is 5.92 Å². The van der Waals surface area contributed by atoms with Crippen LogP contribution in [0.15, 0.2) is 18.2 Å². The molecule has 1 saturated carbocycles. The summed E-state index contributed by atoms with van der Waals surface area (Å²) in [5.41, 5.74) is -0.171. The molecule has 0 heterocycles. The first-order chi connectivity index (χ1) is 9.82. The van der Waals surface area contributed by atoms with E-state index in [2.05, 4.69) is 0 Å². The molecule has 6 heteroatoms. The number of methoxy groups -OCH3 is 1. The van der Waals surface area contributed by atoms with Crippen LogP contribution in [0, 0.1) is 5.92 Å². The van der Waals surface area contributed by atoms with Gasteiger partial charge in [-0.15, -0.1) is 0 Å². The van der Waals surface area contributed by atoms with Crippen LogP contribution in [0.2, 0.25) is 0 Å². The van der Waals surface area contributed by atoms with Crippen molar-refractivity contribution in [1.82, 2.24) is 0 Å². The van der Waals surface area contributed by atoms with E-state index in [1.165, 1.54) is 13.2 Å². The third kappa shape index (κ3) is 3.49. The Morgan fingerprint density at radius 2 is 1.86 bits per heavy atom. The molecular weight excluding hydrogens is 285 g/mol. The number of carboxylic acids is 1. The molecule has 0 radical (unpaired) electrons. The van der Waals surface area contributed by atoms with Crippen molar-refractivity contribution in [2.75, 3.05) is 7.11 Å². The van der Waals surface area contributed by atoms with Crippen molar-refractivity contribution in [3.05, 3.63) is 29.3 Å². The van der Waals surface area contributed by atoms with Crippen molar-refractivity contribution in [1.29, 1.82) is 0 Å². The van der Waals surface area contributed by atoms with Crippen molar-refractivity contribution in [3.8, 4) is 5.75 Å². The molecule has 1 aliphatic rings. The molecule has 0 atom stereocenters. The molecule has 1 N–H and O–H groups in total. The van der Waals surface area contributed by atoms with Crippen molar-refractivity contribution >= 4 is 5.97 Å². The van der Waals surface area contributed by atoms with Gasteiger partial charge in [0.1, 0.15) is 5.75 Å². The van der Waals surface area contributed by atoms with Gasteiger partial charge in [0.25, 0.3) is 0 Å². The lowest BCUT2D eigenvalue weighted by Crippen LogP contribution is -2.21. The van der Waals surface area contributed by atoms with Crippen LogP contribution in [0.4, 0.5) is 13.2 Å². The molecule has 3 nitrogen and oxygen atoms in total. The predicted molar refractivity (Wildman–Crippen MR) is 70.3 cm³/mol. The number of aliphatic carboxylic acids is 1. The van der Waals surface area contributed by atoms with Crippen LogP contribution in [-0.2, 0) is 11.0 Å². The van der Waals surface area contributed by atoms with Crippen LogP contribution in [0.1, 0.15) is 42.7 Å². The van der Waals surface area contributed by atoms with Gasteiger partial charge in [0.2, 0.25) is 0 Å². The van der Waals surface area contributed by atoms with E-state index in [0.717, 1.165) is 12.1 Å². The minimum absolute atomic E-state index is 0.0853. The number of ether oxygens (including phenoxy) is 1. The minimum Gasteiger partial charge on any atom is -0.496 e. The summed E-state index contributed by atoms with van der Waals surface area (Å²) in [5, 5.41) is 8.97. The molecule has 1 aromatic carbocycles. The summed E-state index contributed by atoms with van der Waals surface area (Å²) in [6, 6.07) is 3.47. The fraction of sp³-hybridized carbons (Fsp3) is 0.533. The van der Waals surface area contributed by atoms with Gasteiger partial charge < -0.3 is 9.84 Å². The molecule has 0 aromatic heterocycles. The van der Waals surface area contributed by atoms with Crippen LogP contribution >= 0.6 is 0 Å². The van der Waals surface area contributed by atoms with Crippen molar-refractivity contribution in [2.45, 2.75) is 37.8 Å². The second-order valence-electron chi connectivity index (χ2n) is 5.34. The highest BCUT2D eigenvalue weighted by Gasteiger charge is 2.33. The molecule has 1 aromatic rings. The first-order valence-corrected chi connectivity index (χ1v) is 6.81. The molecule has 116 valence electrons. The molecule has 21 heavy (non-hydrogen) atoms. The number of rotatable bonds is 3. The molecule has 2 rings (SSSR count). The van der Waals surface area contributed by atoms with E-state index in [1.807, 2.05) is 0 Å². The van der Waals surface area contributed by atoms with Gasteiger partial charge in [-0.3, -0.25) is 4.79 Å². The molecule has 1 aliphatic carbocycles. The summed E-state index contributed by atoms with van der Waals surface area (Å²) < 4.78 is 43.6. The van der Waals surface area contributed by atoms with Crippen LogP contribution in [-0.4, -0.2) is 18.2 Å². The standard InChI is InChI=1S/C15H17F3O3/c1-21-13-7-6-11(15(16,17)18)8-12(13)9-2-4-10(5-3-9)14(19)20/h6-10H,2-5H2,1H3,(H,19,20). The molecule has 0 saturated heterocycles. The van der Waals surface area contributed by atoms with Crippen LogP contribution in [0.5, 0.6) is 5.75 Å². The number of benzene rings is 1. The highest BCUT2D eigenvalue weighted by Crippen LogP contribution is 2.42. The minimum atomic E-state index is -4.39. The van der Waals surface area contributed by atoms with Crippen LogP contribution < -0.4 is 4.74 Å². The highest BCUT2D eigenvalue weighted by atomic mass is 19.4. The average Bonchev–Trinajstić information content (AvgIpc) is 2.45. The second kappa shape index (κ2) is 5.95. The molecule has 0 bridgehead atoms. The van der Waals surface area contributed by atoms with E-state index < -0.39 is 23.6 Å². The van der Waals surface area contributed by atoms with Crippen LogP contribution in [0.25, 0.3) is 0 Å². The van der Waals surface area contributed by atoms with Crippen LogP contribution in [0.3, 0.4) is 0 Å². The van der Waals surface area contributed by atoms with Gasteiger partial charge in [0.15, 0.2) is 0 Å². The first-order valence-electron chi connectivity index (χ1n) is 6.81. The molecular formula is C15H17F3O3. The summed E-state index contributed by atoms with van der Waals surface area (Å²) in [7, 11) is 1.43. The Morgan fingerprint density at radius 3 is 2.33 bits per heavy atom. The lowest BCUT2D eigenvalue weighted by molar-refractivity contribution is -0.142. The fourth-order valence-corrected chi connectivity index (χ4v) is 2.88. The van der Waals surface area contributed by atoms with Crippen molar-refractivity contribution < 1.29 is 27.8 Å². The number of hydrogen-bond acceptors (Lipinski definition) is 2. The monoisotopic (exact) mass is 302 g/mol. The summed E-state index contributed by atoms with van der Waals surface area (Å²) >= 11 is 0. The summed E-state index contributed by atoms with van der Waals surface area (Å²) in [4.78, 5) is 10.9. The predicted octanol–water partition coefficient (Wildman–Crippen LogP) is 4.07. The zero-order valence-electron chi connectivity index (χ0n) is 11.6. The quantitative estimate of drug-likeness (QED) is 0.915. The normalized spacial score (nSPS) is 22.9. The van der Waals surface area contributed by atoms with Gasteiger partial charge in [-0.1, -0.05) is 0 Å². The fourth-order valence-electron chi connectivity index (χ4n) is 2.88. The molecule has 0 unspecified atom stereocenters. The highest BCUT2D eigenvalue weighted by molar-refractivity contribution is 5.70. The van der Waals surface area contributed by atoms with Gasteiger partial charge in [0, 0.05) is 0 Å². The van der Waals surface area contributed by atoms with Gasteiger partial charge >= 0.3 is 12.1 Å². The lowest BCUT2D eigenvalue weighted by atomic mass is 9.78. The summed E-state index contributed by atoms with van der Waals surface area (Å²) in [6.07, 6.45) is -2.29. The zero-order chi connectivity index (χ0) is 15.6. The summed E-state index contributed by atoms with van der Waals surface area (Å²) in [6.45, 7) is 0. The topological polar surface area (TPSA) is 46.5 Å². The SMILES string of the molecule is COc1ccc(C(F)(F)F)cc1C1CCC(C(=O)O)CC1. The third-order valence-corrected chi connectivity index (χ3v) is 4.07. The van der Waals surface area contributed by atoms with Gasteiger partial charge in [-0.05, 0) is 55.4 Å². The summed E-state index contributed by atoms with van der Waals surface area (Å²) in [5.74, 6) is -0.873. The number of hydrogen-bond donors (Lipinski definition) is 1. The van der Waals surface area contributed by atoms with E-state index in [9.17, 15) is 18.0 Å². The number of carbonyl (C=O) groups is 1. The van der Waals surface area contributed by atoms with E-state index >= 15 is 0 Å². The Labute approximate surface area is 120 Å². The molecule has 1 fully saturated rings. The number of halogens is 3. The largest absolute Gasteiger partial charge is 0.496 e. The van der Waals surface area contributed by atoms with Crippen molar-refractivity contribution in [3.63, 3.8) is 0 Å². The second-order valence-corrected chi connectivity index (χ2v) is 5.34. The van der Waals surface area contributed by atoms with E-state index in [-0.39, 0.29) is 5.92 Å². The third-order valence-electron chi connectivity index (χ3n) is 4.07. The van der Waals surface area contributed by atoms with E-state index in [4.69, 9.17) is 9.84 Å². The van der Waals surface area contributed by atoms with E-state index in [1.54, 1.807) is 0 Å². The Bertz CT molecular complexity index is 517. The average molecular weight is 302 g/mol. The smallest absolute Gasteiger partial charge is 0.416 e. The Morgan fingerprint density at radius 1 is 1.24 bits per heavy atom. The maximum Gasteiger partial charge on any atom is 0.416 e. The maximum atomic E-state index is 12.8. The molecule has 0 amide bonds. The van der Waals surface area contributed by atoms with Gasteiger partial charge in [-0.2, -0.15) is 13.2 Å². The molecule has 0 spiro atoms. The Balaban J connectivity index is 2.24. The lowest BCUT2D eigenvalue weighted by Gasteiger charge is -2.28. The zero-order valence-corrected chi connectivity index (χ0v) is 11.6. The molecule has 0 aliphatic heterocycles. The Hall–Kier alpha value is -1.72. The first kappa shape index (κ1) is 15.7. The Kier molecular flexibility index (Phi) is 4.44.